The van der Waals surface area contributed by atoms with E-state index in [0.717, 1.165) is 45.5 Å². The van der Waals surface area contributed by atoms with E-state index in [4.69, 9.17) is 10.5 Å². The second-order valence-corrected chi connectivity index (χ2v) is 4.16. The zero-order chi connectivity index (χ0) is 10.4. The Balaban J connectivity index is 2.17. The molecule has 0 spiro atoms. The van der Waals surface area contributed by atoms with Crippen molar-refractivity contribution in [3.05, 3.63) is 0 Å². The topological polar surface area (TPSA) is 38.5 Å². The summed E-state index contributed by atoms with van der Waals surface area (Å²) >= 11 is 0. The minimum Gasteiger partial charge on any atom is -0.376 e. The van der Waals surface area contributed by atoms with Crippen molar-refractivity contribution < 1.29 is 4.74 Å². The number of morpholine rings is 1. The Hall–Kier alpha value is -0.120. The highest BCUT2D eigenvalue weighted by atomic mass is 16.5. The third-order valence-electron chi connectivity index (χ3n) is 3.02. The molecule has 3 heteroatoms. The molecule has 2 atom stereocenters. The first-order chi connectivity index (χ1) is 6.76. The van der Waals surface area contributed by atoms with E-state index >= 15 is 0 Å². The molecule has 0 aliphatic carbocycles. The van der Waals surface area contributed by atoms with Crippen LogP contribution in [0.25, 0.3) is 0 Å². The molecule has 1 saturated heterocycles. The molecule has 2 unspecified atom stereocenters. The van der Waals surface area contributed by atoms with Crippen LogP contribution in [0.2, 0.25) is 0 Å². The van der Waals surface area contributed by atoms with Crippen molar-refractivity contribution in [3.63, 3.8) is 0 Å². The molecule has 0 aromatic heterocycles. The number of ether oxygens (including phenoxy) is 1. The molecule has 0 saturated carbocycles. The third kappa shape index (κ3) is 3.95. The summed E-state index contributed by atoms with van der Waals surface area (Å²) in [5.41, 5.74) is 5.90. The van der Waals surface area contributed by atoms with Gasteiger partial charge in [-0.15, -0.1) is 0 Å². The molecule has 1 heterocycles. The monoisotopic (exact) mass is 200 g/mol. The van der Waals surface area contributed by atoms with E-state index in [-0.39, 0.29) is 0 Å². The molecule has 0 radical (unpaired) electrons. The van der Waals surface area contributed by atoms with Crippen molar-refractivity contribution in [2.75, 3.05) is 26.2 Å². The first kappa shape index (κ1) is 12.0. The van der Waals surface area contributed by atoms with Crippen molar-refractivity contribution in [2.24, 2.45) is 5.73 Å². The quantitative estimate of drug-likeness (QED) is 0.725. The summed E-state index contributed by atoms with van der Waals surface area (Å²) in [6.07, 6.45) is 3.77. The van der Waals surface area contributed by atoms with E-state index in [1.165, 1.54) is 0 Å². The second-order valence-electron chi connectivity index (χ2n) is 4.16. The summed E-state index contributed by atoms with van der Waals surface area (Å²) < 4.78 is 5.62. The molecule has 1 rings (SSSR count). The van der Waals surface area contributed by atoms with Crippen LogP contribution in [0.5, 0.6) is 0 Å². The van der Waals surface area contributed by atoms with Crippen LogP contribution in [0.1, 0.15) is 33.1 Å². The van der Waals surface area contributed by atoms with Crippen LogP contribution in [0, 0.1) is 0 Å². The van der Waals surface area contributed by atoms with Crippen LogP contribution in [0.3, 0.4) is 0 Å². The van der Waals surface area contributed by atoms with Gasteiger partial charge in [0.05, 0.1) is 12.7 Å². The van der Waals surface area contributed by atoms with Gasteiger partial charge < -0.3 is 10.5 Å². The Morgan fingerprint density at radius 3 is 2.93 bits per heavy atom. The van der Waals surface area contributed by atoms with Crippen LogP contribution in [0.4, 0.5) is 0 Å². The number of nitrogens with zero attached hydrogens (tertiary/aromatic N) is 1. The summed E-state index contributed by atoms with van der Waals surface area (Å²) in [5, 5.41) is 0. The maximum atomic E-state index is 5.90. The zero-order valence-corrected chi connectivity index (χ0v) is 9.54. The SMILES string of the molecule is CCC(N)CCN1CCOC(CC)C1. The van der Waals surface area contributed by atoms with Gasteiger partial charge >= 0.3 is 0 Å². The third-order valence-corrected chi connectivity index (χ3v) is 3.02. The Bertz CT molecular complexity index is 152. The number of hydrogen-bond acceptors (Lipinski definition) is 3. The number of hydrogen-bond donors (Lipinski definition) is 1. The fourth-order valence-electron chi connectivity index (χ4n) is 1.78. The highest BCUT2D eigenvalue weighted by Gasteiger charge is 2.18. The molecule has 1 fully saturated rings. The largest absolute Gasteiger partial charge is 0.376 e. The maximum Gasteiger partial charge on any atom is 0.0700 e. The van der Waals surface area contributed by atoms with Gasteiger partial charge in [-0.2, -0.15) is 0 Å². The van der Waals surface area contributed by atoms with Crippen molar-refractivity contribution >= 4 is 0 Å². The molecule has 84 valence electrons. The Morgan fingerprint density at radius 2 is 2.29 bits per heavy atom. The lowest BCUT2D eigenvalue weighted by Gasteiger charge is -2.32. The molecule has 1 aliphatic heterocycles. The first-order valence-electron chi connectivity index (χ1n) is 5.85. The van der Waals surface area contributed by atoms with E-state index in [1.807, 2.05) is 0 Å². The van der Waals surface area contributed by atoms with Gasteiger partial charge in [-0.05, 0) is 25.8 Å². The van der Waals surface area contributed by atoms with Gasteiger partial charge in [0.15, 0.2) is 0 Å². The van der Waals surface area contributed by atoms with Crippen molar-refractivity contribution in [1.82, 2.24) is 4.90 Å². The number of rotatable bonds is 5. The molecule has 0 amide bonds. The van der Waals surface area contributed by atoms with E-state index in [2.05, 4.69) is 18.7 Å². The molecular formula is C11H24N2O. The number of nitrogens with two attached hydrogens (primary N) is 1. The van der Waals surface area contributed by atoms with Crippen LogP contribution in [-0.2, 0) is 4.74 Å². The Morgan fingerprint density at radius 1 is 1.50 bits per heavy atom. The minimum absolute atomic E-state index is 0.373. The molecule has 2 N–H and O–H groups in total. The smallest absolute Gasteiger partial charge is 0.0700 e. The van der Waals surface area contributed by atoms with E-state index in [9.17, 15) is 0 Å². The maximum absolute atomic E-state index is 5.90. The van der Waals surface area contributed by atoms with Gasteiger partial charge in [0, 0.05) is 19.1 Å². The fraction of sp³-hybridized carbons (Fsp3) is 1.00. The second kappa shape index (κ2) is 6.38. The highest BCUT2D eigenvalue weighted by molar-refractivity contribution is 4.72. The Labute approximate surface area is 87.6 Å². The molecule has 3 nitrogen and oxygen atoms in total. The van der Waals surface area contributed by atoms with Gasteiger partial charge in [-0.1, -0.05) is 13.8 Å². The van der Waals surface area contributed by atoms with Gasteiger partial charge in [0.25, 0.3) is 0 Å². The molecule has 14 heavy (non-hydrogen) atoms. The summed E-state index contributed by atoms with van der Waals surface area (Å²) in [7, 11) is 0. The lowest BCUT2D eigenvalue weighted by atomic mass is 10.1. The molecular weight excluding hydrogens is 176 g/mol. The standard InChI is InChI=1S/C11H24N2O/c1-3-10(12)5-6-13-7-8-14-11(4-2)9-13/h10-11H,3-9,12H2,1-2H3. The van der Waals surface area contributed by atoms with Crippen LogP contribution < -0.4 is 5.73 Å². The van der Waals surface area contributed by atoms with Crippen molar-refractivity contribution in [3.8, 4) is 0 Å². The predicted octanol–water partition coefficient (Wildman–Crippen LogP) is 1.22. The zero-order valence-electron chi connectivity index (χ0n) is 9.54. The fourth-order valence-corrected chi connectivity index (χ4v) is 1.78. The summed E-state index contributed by atoms with van der Waals surface area (Å²) in [5.74, 6) is 0. The molecule has 1 aliphatic rings. The van der Waals surface area contributed by atoms with Crippen molar-refractivity contribution in [2.45, 2.75) is 45.3 Å². The van der Waals surface area contributed by atoms with Crippen LogP contribution in [-0.4, -0.2) is 43.3 Å². The van der Waals surface area contributed by atoms with Gasteiger partial charge in [-0.3, -0.25) is 4.90 Å². The van der Waals surface area contributed by atoms with E-state index in [0.29, 0.717) is 12.1 Å². The lowest BCUT2D eigenvalue weighted by molar-refractivity contribution is -0.0302. The molecule has 0 bridgehead atoms. The lowest BCUT2D eigenvalue weighted by Crippen LogP contribution is -2.43. The molecule has 0 aromatic rings. The first-order valence-corrected chi connectivity index (χ1v) is 5.85. The highest BCUT2D eigenvalue weighted by Crippen LogP contribution is 2.09. The van der Waals surface area contributed by atoms with E-state index in [1.54, 1.807) is 0 Å². The predicted molar refractivity (Wildman–Crippen MR) is 59.4 cm³/mol. The van der Waals surface area contributed by atoms with Gasteiger partial charge in [-0.25, -0.2) is 0 Å². The van der Waals surface area contributed by atoms with Crippen molar-refractivity contribution in [1.29, 1.82) is 0 Å². The van der Waals surface area contributed by atoms with Crippen LogP contribution >= 0.6 is 0 Å². The summed E-state index contributed by atoms with van der Waals surface area (Å²) in [6.45, 7) is 8.53. The minimum atomic E-state index is 0.373. The Kier molecular flexibility index (Phi) is 5.45. The average Bonchev–Trinajstić information content (AvgIpc) is 2.26. The molecule has 0 aromatic carbocycles. The summed E-state index contributed by atoms with van der Waals surface area (Å²) in [6, 6.07) is 0.373. The normalized spacial score (nSPS) is 26.4. The van der Waals surface area contributed by atoms with Crippen LogP contribution in [0.15, 0.2) is 0 Å². The van der Waals surface area contributed by atoms with Gasteiger partial charge in [0.1, 0.15) is 0 Å². The average molecular weight is 200 g/mol. The van der Waals surface area contributed by atoms with E-state index < -0.39 is 0 Å². The van der Waals surface area contributed by atoms with Gasteiger partial charge in [0.2, 0.25) is 0 Å². The summed E-state index contributed by atoms with van der Waals surface area (Å²) in [4.78, 5) is 2.48.